The number of ether oxygens (including phenoxy) is 1. The van der Waals surface area contributed by atoms with E-state index in [4.69, 9.17) is 4.74 Å². The number of fused-ring (bicyclic) bond motifs is 1. The van der Waals surface area contributed by atoms with Crippen LogP contribution in [0.5, 0.6) is 5.75 Å². The molecular weight excluding hydrogens is 288 g/mol. The molecular formula is C19H22N2O2. The third kappa shape index (κ3) is 3.65. The summed E-state index contributed by atoms with van der Waals surface area (Å²) in [5.41, 5.74) is 3.17. The van der Waals surface area contributed by atoms with E-state index in [1.165, 1.54) is 5.56 Å². The van der Waals surface area contributed by atoms with Crippen molar-refractivity contribution in [2.75, 3.05) is 23.3 Å². The zero-order chi connectivity index (χ0) is 16.2. The lowest BCUT2D eigenvalue weighted by molar-refractivity contribution is -0.116. The van der Waals surface area contributed by atoms with E-state index in [0.717, 1.165) is 30.1 Å². The fraction of sp³-hybridized carbons (Fsp3) is 0.316. The number of hydrogen-bond acceptors (Lipinski definition) is 3. The standard InChI is InChI=1S/C19H22N2O2/c1-14(2)23-17-8-5-7-16(12-17)20-13-19(22)21-11-10-15-6-3-4-9-18(15)21/h3-9,12,14,20H,10-11,13H2,1-2H3. The Morgan fingerprint density at radius 2 is 2.04 bits per heavy atom. The van der Waals surface area contributed by atoms with Gasteiger partial charge in [0.25, 0.3) is 0 Å². The van der Waals surface area contributed by atoms with Crippen molar-refractivity contribution >= 4 is 17.3 Å². The second-order valence-corrected chi connectivity index (χ2v) is 5.97. The van der Waals surface area contributed by atoms with Crippen LogP contribution in [0.4, 0.5) is 11.4 Å². The van der Waals surface area contributed by atoms with Gasteiger partial charge in [-0.25, -0.2) is 0 Å². The Kier molecular flexibility index (Phi) is 4.51. The lowest BCUT2D eigenvalue weighted by Gasteiger charge is -2.18. The minimum Gasteiger partial charge on any atom is -0.491 e. The first-order valence-corrected chi connectivity index (χ1v) is 8.02. The Hall–Kier alpha value is -2.49. The Balaban J connectivity index is 1.62. The molecule has 0 saturated heterocycles. The molecule has 2 aromatic rings. The molecule has 0 aromatic heterocycles. The smallest absolute Gasteiger partial charge is 0.246 e. The van der Waals surface area contributed by atoms with Gasteiger partial charge in [-0.1, -0.05) is 24.3 Å². The summed E-state index contributed by atoms with van der Waals surface area (Å²) in [5, 5.41) is 3.19. The maximum Gasteiger partial charge on any atom is 0.246 e. The quantitative estimate of drug-likeness (QED) is 0.919. The molecule has 0 spiro atoms. The van der Waals surface area contributed by atoms with Gasteiger partial charge in [0.1, 0.15) is 5.75 Å². The van der Waals surface area contributed by atoms with E-state index in [-0.39, 0.29) is 18.6 Å². The van der Waals surface area contributed by atoms with Crippen LogP contribution in [-0.2, 0) is 11.2 Å². The highest BCUT2D eigenvalue weighted by molar-refractivity contribution is 5.98. The number of para-hydroxylation sites is 1. The Morgan fingerprint density at radius 3 is 2.87 bits per heavy atom. The van der Waals surface area contributed by atoms with Gasteiger partial charge >= 0.3 is 0 Å². The first-order valence-electron chi connectivity index (χ1n) is 8.02. The van der Waals surface area contributed by atoms with Crippen LogP contribution >= 0.6 is 0 Å². The molecule has 1 aliphatic rings. The molecule has 1 N–H and O–H groups in total. The van der Waals surface area contributed by atoms with Gasteiger partial charge in [0, 0.05) is 24.0 Å². The third-order valence-electron chi connectivity index (χ3n) is 3.84. The Labute approximate surface area is 137 Å². The van der Waals surface area contributed by atoms with Crippen LogP contribution in [0.15, 0.2) is 48.5 Å². The summed E-state index contributed by atoms with van der Waals surface area (Å²) in [6.07, 6.45) is 1.06. The van der Waals surface area contributed by atoms with Crippen LogP contribution in [0, 0.1) is 0 Å². The Bertz CT molecular complexity index is 697. The van der Waals surface area contributed by atoms with Crippen molar-refractivity contribution < 1.29 is 9.53 Å². The second kappa shape index (κ2) is 6.73. The molecule has 0 unspecified atom stereocenters. The summed E-state index contributed by atoms with van der Waals surface area (Å²) in [6.45, 7) is 5.03. The molecule has 2 aromatic carbocycles. The van der Waals surface area contributed by atoms with Crippen LogP contribution in [0.3, 0.4) is 0 Å². The number of carbonyl (C=O) groups is 1. The normalized spacial score (nSPS) is 13.1. The summed E-state index contributed by atoms with van der Waals surface area (Å²) < 4.78 is 5.67. The van der Waals surface area contributed by atoms with E-state index in [9.17, 15) is 4.79 Å². The summed E-state index contributed by atoms with van der Waals surface area (Å²) in [6, 6.07) is 15.8. The highest BCUT2D eigenvalue weighted by Gasteiger charge is 2.23. The molecule has 0 saturated carbocycles. The number of benzene rings is 2. The molecule has 23 heavy (non-hydrogen) atoms. The largest absolute Gasteiger partial charge is 0.491 e. The van der Waals surface area contributed by atoms with Gasteiger partial charge in [-0.05, 0) is 44.0 Å². The third-order valence-corrected chi connectivity index (χ3v) is 3.84. The number of hydrogen-bond donors (Lipinski definition) is 1. The van der Waals surface area contributed by atoms with Crippen molar-refractivity contribution in [1.29, 1.82) is 0 Å². The number of rotatable bonds is 5. The lowest BCUT2D eigenvalue weighted by Crippen LogP contribution is -2.34. The van der Waals surface area contributed by atoms with Gasteiger partial charge in [0.15, 0.2) is 0 Å². The minimum absolute atomic E-state index is 0.0881. The van der Waals surface area contributed by atoms with Crippen LogP contribution < -0.4 is 15.0 Å². The summed E-state index contributed by atoms with van der Waals surface area (Å²) in [7, 11) is 0. The first-order chi connectivity index (χ1) is 11.1. The van der Waals surface area contributed by atoms with Gasteiger partial charge < -0.3 is 15.0 Å². The van der Waals surface area contributed by atoms with Crippen molar-refractivity contribution in [3.05, 3.63) is 54.1 Å². The zero-order valence-corrected chi connectivity index (χ0v) is 13.6. The van der Waals surface area contributed by atoms with Gasteiger partial charge in [-0.15, -0.1) is 0 Å². The SMILES string of the molecule is CC(C)Oc1cccc(NCC(=O)N2CCc3ccccc32)c1. The first kappa shape index (κ1) is 15.4. The average molecular weight is 310 g/mol. The van der Waals surface area contributed by atoms with Crippen LogP contribution in [0.25, 0.3) is 0 Å². The van der Waals surface area contributed by atoms with Gasteiger partial charge in [0.05, 0.1) is 12.6 Å². The molecule has 0 bridgehead atoms. The van der Waals surface area contributed by atoms with E-state index in [0.29, 0.717) is 0 Å². The van der Waals surface area contributed by atoms with Gasteiger partial charge in [0.2, 0.25) is 5.91 Å². The van der Waals surface area contributed by atoms with Crippen molar-refractivity contribution in [2.24, 2.45) is 0 Å². The fourth-order valence-electron chi connectivity index (χ4n) is 2.82. The van der Waals surface area contributed by atoms with Crippen molar-refractivity contribution in [1.82, 2.24) is 0 Å². The fourth-order valence-corrected chi connectivity index (χ4v) is 2.82. The van der Waals surface area contributed by atoms with Crippen molar-refractivity contribution in [3.8, 4) is 5.75 Å². The number of amides is 1. The Morgan fingerprint density at radius 1 is 1.22 bits per heavy atom. The van der Waals surface area contributed by atoms with Crippen LogP contribution in [0.2, 0.25) is 0 Å². The molecule has 1 amide bonds. The molecule has 1 aliphatic heterocycles. The van der Waals surface area contributed by atoms with Gasteiger partial charge in [-0.2, -0.15) is 0 Å². The van der Waals surface area contributed by atoms with Crippen LogP contribution in [-0.4, -0.2) is 25.1 Å². The molecule has 120 valence electrons. The number of carbonyl (C=O) groups excluding carboxylic acids is 1. The molecule has 4 heteroatoms. The van der Waals surface area contributed by atoms with E-state index < -0.39 is 0 Å². The molecule has 1 heterocycles. The average Bonchev–Trinajstić information content (AvgIpc) is 2.96. The molecule has 0 atom stereocenters. The molecule has 0 aliphatic carbocycles. The van der Waals surface area contributed by atoms with E-state index in [2.05, 4.69) is 11.4 Å². The summed E-state index contributed by atoms with van der Waals surface area (Å²) in [5.74, 6) is 0.897. The van der Waals surface area contributed by atoms with E-state index in [1.54, 1.807) is 0 Å². The van der Waals surface area contributed by atoms with Gasteiger partial charge in [-0.3, -0.25) is 4.79 Å². The number of nitrogens with zero attached hydrogens (tertiary/aromatic N) is 1. The van der Waals surface area contributed by atoms with E-state index in [1.807, 2.05) is 61.2 Å². The van der Waals surface area contributed by atoms with Crippen molar-refractivity contribution in [3.63, 3.8) is 0 Å². The van der Waals surface area contributed by atoms with E-state index >= 15 is 0 Å². The summed E-state index contributed by atoms with van der Waals surface area (Å²) in [4.78, 5) is 14.3. The monoisotopic (exact) mass is 310 g/mol. The second-order valence-electron chi connectivity index (χ2n) is 5.97. The topological polar surface area (TPSA) is 41.6 Å². The lowest BCUT2D eigenvalue weighted by atomic mass is 10.2. The summed E-state index contributed by atoms with van der Waals surface area (Å²) >= 11 is 0. The molecule has 3 rings (SSSR count). The van der Waals surface area contributed by atoms with Crippen molar-refractivity contribution in [2.45, 2.75) is 26.4 Å². The molecule has 4 nitrogen and oxygen atoms in total. The zero-order valence-electron chi connectivity index (χ0n) is 13.6. The minimum atomic E-state index is 0.0881. The highest BCUT2D eigenvalue weighted by atomic mass is 16.5. The maximum atomic E-state index is 12.5. The molecule has 0 fully saturated rings. The predicted octanol–water partition coefficient (Wildman–Crippen LogP) is 3.48. The predicted molar refractivity (Wildman–Crippen MR) is 93.2 cm³/mol. The highest BCUT2D eigenvalue weighted by Crippen LogP contribution is 2.27. The molecule has 0 radical (unpaired) electrons. The maximum absolute atomic E-state index is 12.5. The van der Waals surface area contributed by atoms with Crippen LogP contribution in [0.1, 0.15) is 19.4 Å². The number of anilines is 2. The number of nitrogens with one attached hydrogen (secondary N) is 1.